The number of likely N-dealkylation sites (N-methyl/N-ethyl adjacent to an activating group) is 1. The summed E-state index contributed by atoms with van der Waals surface area (Å²) in [6, 6.07) is 0.528. The Hall–Kier alpha value is -4.31. The van der Waals surface area contributed by atoms with Crippen molar-refractivity contribution >= 4 is 22.6 Å². The van der Waals surface area contributed by atoms with Crippen molar-refractivity contribution in [2.45, 2.75) is 18.4 Å². The minimum absolute atomic E-state index is 0.00704. The van der Waals surface area contributed by atoms with Gasteiger partial charge in [0.15, 0.2) is 23.1 Å². The Morgan fingerprint density at radius 2 is 1.90 bits per heavy atom. The lowest BCUT2D eigenvalue weighted by Crippen LogP contribution is -2.31. The predicted octanol–water partition coefficient (Wildman–Crippen LogP) is 3.32. The minimum Gasteiger partial charge on any atom is -0.493 e. The number of nitrogens with zero attached hydrogens (tertiary/aromatic N) is 5. The lowest BCUT2D eigenvalue weighted by Gasteiger charge is -2.23. The van der Waals surface area contributed by atoms with Crippen molar-refractivity contribution in [3.8, 4) is 23.3 Å². The van der Waals surface area contributed by atoms with E-state index in [1.807, 2.05) is 0 Å². The molecule has 1 fully saturated rings. The molecule has 1 atom stereocenters. The Kier molecular flexibility index (Phi) is 7.93. The summed E-state index contributed by atoms with van der Waals surface area (Å²) in [5, 5.41) is 4.48. The van der Waals surface area contributed by atoms with Crippen LogP contribution in [0.2, 0.25) is 0 Å². The Morgan fingerprint density at radius 1 is 1.25 bits per heavy atom. The SMILES string of the molecule is C=CC(=O)N1CCC(n2nc(C#Cc3c(F)c(OC)cc(OC)c3F)c3c(N)ncc(C(F)(F)CN(C)C)c32)C1. The van der Waals surface area contributed by atoms with E-state index in [1.165, 1.54) is 48.9 Å². The highest BCUT2D eigenvalue weighted by Gasteiger charge is 2.39. The van der Waals surface area contributed by atoms with Crippen molar-refractivity contribution in [2.75, 3.05) is 53.7 Å². The molecule has 9 nitrogen and oxygen atoms in total. The minimum atomic E-state index is -3.38. The summed E-state index contributed by atoms with van der Waals surface area (Å²) in [5.74, 6) is -1.58. The summed E-state index contributed by atoms with van der Waals surface area (Å²) in [7, 11) is 5.41. The standard InChI is InChI=1S/C27H28F4N6O3/c1-6-21(38)36-10-9-15(13-36)37-25-17(27(30,31)14-35(2)3)12-33-26(32)22(25)18(34-37)8-7-16-23(28)19(39-4)11-20(40-5)24(16)29/h6,11-12,15H,1,9-10,13-14H2,2-5H3,(H2,32,33). The molecule has 2 aromatic heterocycles. The Balaban J connectivity index is 1.97. The van der Waals surface area contributed by atoms with Crippen LogP contribution in [0.25, 0.3) is 10.9 Å². The smallest absolute Gasteiger partial charge is 0.289 e. The van der Waals surface area contributed by atoms with Gasteiger partial charge in [0.05, 0.1) is 43.3 Å². The first-order chi connectivity index (χ1) is 18.9. The maximum atomic E-state index is 15.5. The second kappa shape index (κ2) is 11.1. The van der Waals surface area contributed by atoms with Crippen LogP contribution in [-0.4, -0.2) is 78.4 Å². The highest BCUT2D eigenvalue weighted by atomic mass is 19.3. The molecule has 1 unspecified atom stereocenters. The third-order valence-electron chi connectivity index (χ3n) is 6.54. The lowest BCUT2D eigenvalue weighted by molar-refractivity contribution is -0.125. The molecule has 13 heteroatoms. The third kappa shape index (κ3) is 5.14. The van der Waals surface area contributed by atoms with E-state index in [0.717, 1.165) is 12.3 Å². The molecule has 212 valence electrons. The number of aromatic nitrogens is 3. The van der Waals surface area contributed by atoms with Crippen molar-refractivity contribution in [3.63, 3.8) is 0 Å². The maximum absolute atomic E-state index is 15.5. The van der Waals surface area contributed by atoms with Crippen LogP contribution in [0.1, 0.15) is 29.3 Å². The molecule has 2 N–H and O–H groups in total. The van der Waals surface area contributed by atoms with Gasteiger partial charge in [-0.1, -0.05) is 12.5 Å². The van der Waals surface area contributed by atoms with E-state index in [0.29, 0.717) is 13.0 Å². The van der Waals surface area contributed by atoms with Gasteiger partial charge in [-0.05, 0) is 32.5 Å². The third-order valence-corrected chi connectivity index (χ3v) is 6.54. The summed E-state index contributed by atoms with van der Waals surface area (Å²) in [5.41, 5.74) is 4.90. The van der Waals surface area contributed by atoms with Crippen LogP contribution in [0.4, 0.5) is 23.4 Å². The van der Waals surface area contributed by atoms with E-state index >= 15 is 8.78 Å². The quantitative estimate of drug-likeness (QED) is 0.269. The van der Waals surface area contributed by atoms with E-state index in [1.54, 1.807) is 0 Å². The number of methoxy groups -OCH3 is 2. The number of fused-ring (bicyclic) bond motifs is 1. The monoisotopic (exact) mass is 560 g/mol. The van der Waals surface area contributed by atoms with Crippen LogP contribution in [0.3, 0.4) is 0 Å². The van der Waals surface area contributed by atoms with Gasteiger partial charge in [-0.2, -0.15) is 13.9 Å². The molecule has 3 aromatic rings. The zero-order valence-electron chi connectivity index (χ0n) is 22.4. The largest absolute Gasteiger partial charge is 0.493 e. The molecular formula is C27H28F4N6O3. The van der Waals surface area contributed by atoms with E-state index in [4.69, 9.17) is 15.2 Å². The highest BCUT2D eigenvalue weighted by molar-refractivity contribution is 5.95. The van der Waals surface area contributed by atoms with Crippen LogP contribution in [0.15, 0.2) is 24.9 Å². The number of nitrogens with two attached hydrogens (primary N) is 1. The van der Waals surface area contributed by atoms with Crippen molar-refractivity contribution < 1.29 is 31.8 Å². The number of benzene rings is 1. The number of pyridine rings is 1. The number of ether oxygens (including phenoxy) is 2. The summed E-state index contributed by atoms with van der Waals surface area (Å²) in [6.45, 7) is 3.38. The first-order valence-electron chi connectivity index (χ1n) is 12.2. The Bertz CT molecular complexity index is 1510. The molecule has 0 aliphatic carbocycles. The van der Waals surface area contributed by atoms with Crippen LogP contribution in [0.5, 0.6) is 11.5 Å². The van der Waals surface area contributed by atoms with Gasteiger partial charge >= 0.3 is 0 Å². The molecule has 0 saturated carbocycles. The summed E-state index contributed by atoms with van der Waals surface area (Å²) >= 11 is 0. The number of likely N-dealkylation sites (tertiary alicyclic amines) is 1. The molecule has 0 bridgehead atoms. The van der Waals surface area contributed by atoms with Crippen LogP contribution in [0, 0.1) is 23.5 Å². The van der Waals surface area contributed by atoms with Gasteiger partial charge < -0.3 is 25.0 Å². The molecule has 0 spiro atoms. The number of nitrogen functional groups attached to an aromatic ring is 1. The number of carbonyl (C=O) groups is 1. The lowest BCUT2D eigenvalue weighted by atomic mass is 10.1. The number of alkyl halides is 2. The number of anilines is 1. The zero-order valence-corrected chi connectivity index (χ0v) is 22.4. The van der Waals surface area contributed by atoms with Crippen LogP contribution in [-0.2, 0) is 10.7 Å². The number of rotatable bonds is 7. The molecular weight excluding hydrogens is 532 g/mol. The molecule has 1 aromatic carbocycles. The summed E-state index contributed by atoms with van der Waals surface area (Å²) in [4.78, 5) is 19.0. The van der Waals surface area contributed by atoms with Gasteiger partial charge in [-0.15, -0.1) is 0 Å². The fourth-order valence-electron chi connectivity index (χ4n) is 4.68. The van der Waals surface area contributed by atoms with E-state index in [9.17, 15) is 13.6 Å². The molecule has 3 heterocycles. The fraction of sp³-hybridized carbons (Fsp3) is 0.370. The van der Waals surface area contributed by atoms with E-state index in [2.05, 4.69) is 28.5 Å². The molecule has 1 amide bonds. The van der Waals surface area contributed by atoms with E-state index in [-0.39, 0.29) is 46.4 Å². The molecule has 4 rings (SSSR count). The summed E-state index contributed by atoms with van der Waals surface area (Å²) < 4.78 is 72.2. The van der Waals surface area contributed by atoms with Crippen LogP contribution < -0.4 is 15.2 Å². The van der Waals surface area contributed by atoms with Gasteiger partial charge in [-0.3, -0.25) is 9.48 Å². The topological polar surface area (TPSA) is 98.7 Å². The van der Waals surface area contributed by atoms with Gasteiger partial charge in [0.1, 0.15) is 17.1 Å². The normalized spacial score (nSPS) is 15.3. The maximum Gasteiger partial charge on any atom is 0.289 e. The second-order valence-corrected chi connectivity index (χ2v) is 9.48. The zero-order chi connectivity index (χ0) is 29.4. The Morgan fingerprint density at radius 3 is 2.48 bits per heavy atom. The Labute approximate surface area is 228 Å². The predicted molar refractivity (Wildman–Crippen MR) is 140 cm³/mol. The van der Waals surface area contributed by atoms with Crippen molar-refractivity contribution in [3.05, 3.63) is 53.4 Å². The molecule has 0 radical (unpaired) electrons. The number of hydrogen-bond acceptors (Lipinski definition) is 7. The van der Waals surface area contributed by atoms with Gasteiger partial charge in [0.25, 0.3) is 5.92 Å². The average molecular weight is 561 g/mol. The van der Waals surface area contributed by atoms with Crippen molar-refractivity contribution in [1.29, 1.82) is 0 Å². The first kappa shape index (κ1) is 28.7. The number of hydrogen-bond donors (Lipinski definition) is 1. The number of amides is 1. The molecule has 1 aliphatic rings. The summed E-state index contributed by atoms with van der Waals surface area (Å²) in [6.07, 6.45) is 2.56. The van der Waals surface area contributed by atoms with Crippen molar-refractivity contribution in [2.24, 2.45) is 0 Å². The van der Waals surface area contributed by atoms with Gasteiger partial charge in [-0.25, -0.2) is 13.8 Å². The fourth-order valence-corrected chi connectivity index (χ4v) is 4.68. The van der Waals surface area contributed by atoms with Gasteiger partial charge in [0, 0.05) is 25.4 Å². The van der Waals surface area contributed by atoms with Gasteiger partial charge in [0.2, 0.25) is 5.91 Å². The highest BCUT2D eigenvalue weighted by Crippen LogP contribution is 2.39. The van der Waals surface area contributed by atoms with Crippen molar-refractivity contribution in [1.82, 2.24) is 24.6 Å². The number of halogens is 4. The molecule has 40 heavy (non-hydrogen) atoms. The second-order valence-electron chi connectivity index (χ2n) is 9.48. The van der Waals surface area contributed by atoms with Crippen LogP contribution >= 0.6 is 0 Å². The first-order valence-corrected chi connectivity index (χ1v) is 12.2. The number of carbonyl (C=O) groups excluding carboxylic acids is 1. The molecule has 1 aliphatic heterocycles. The average Bonchev–Trinajstić information content (AvgIpc) is 3.53. The molecule has 1 saturated heterocycles. The van der Waals surface area contributed by atoms with E-state index < -0.39 is 41.3 Å².